The zero-order chi connectivity index (χ0) is 50.7. The van der Waals surface area contributed by atoms with Gasteiger partial charge in [-0.2, -0.15) is 0 Å². The smallest absolute Gasteiger partial charge is 0.306 e. The van der Waals surface area contributed by atoms with E-state index in [9.17, 15) is 14.4 Å². The molecule has 0 N–H and O–H groups in total. The number of carbonyl (C=O) groups excluding carboxylic acids is 3. The van der Waals surface area contributed by atoms with Crippen molar-refractivity contribution in [3.05, 3.63) is 146 Å². The Bertz CT molecular complexity index is 1580. The number of ether oxygens (including phenoxy) is 3. The molecule has 0 aromatic heterocycles. The van der Waals surface area contributed by atoms with Crippen LogP contribution in [0.1, 0.15) is 220 Å². The van der Waals surface area contributed by atoms with E-state index in [1.54, 1.807) is 0 Å². The van der Waals surface area contributed by atoms with Crippen molar-refractivity contribution >= 4 is 17.9 Å². The second-order valence-corrected chi connectivity index (χ2v) is 17.9. The summed E-state index contributed by atoms with van der Waals surface area (Å²) in [5.74, 6) is -1.01. The molecule has 0 amide bonds. The van der Waals surface area contributed by atoms with Crippen LogP contribution in [0, 0.1) is 0 Å². The van der Waals surface area contributed by atoms with Gasteiger partial charge in [-0.3, -0.25) is 14.4 Å². The summed E-state index contributed by atoms with van der Waals surface area (Å²) in [6, 6.07) is 0. The third-order valence-electron chi connectivity index (χ3n) is 11.2. The monoisotopic (exact) mass is 965 g/mol. The lowest BCUT2D eigenvalue weighted by Gasteiger charge is -2.18. The molecule has 0 heterocycles. The molecule has 1 atom stereocenters. The maximum atomic E-state index is 12.8. The lowest BCUT2D eigenvalue weighted by atomic mass is 10.1. The molecule has 70 heavy (non-hydrogen) atoms. The van der Waals surface area contributed by atoms with Gasteiger partial charge in [0.25, 0.3) is 0 Å². The molecular weight excluding hydrogens is 865 g/mol. The molecule has 0 aromatic rings. The summed E-state index contributed by atoms with van der Waals surface area (Å²) < 4.78 is 16.8. The van der Waals surface area contributed by atoms with Gasteiger partial charge in [0.15, 0.2) is 6.10 Å². The molecule has 0 fully saturated rings. The van der Waals surface area contributed by atoms with E-state index < -0.39 is 6.10 Å². The first-order valence-electron chi connectivity index (χ1n) is 27.9. The molecule has 0 saturated heterocycles. The molecule has 0 bridgehead atoms. The van der Waals surface area contributed by atoms with Crippen LogP contribution in [0.5, 0.6) is 0 Å². The third-order valence-corrected chi connectivity index (χ3v) is 11.2. The molecule has 0 saturated carbocycles. The Kier molecular flexibility index (Phi) is 53.0. The summed E-state index contributed by atoms with van der Waals surface area (Å²) in [5, 5.41) is 0. The number of unbranched alkanes of at least 4 members (excludes halogenated alkanes) is 18. The first-order valence-corrected chi connectivity index (χ1v) is 27.9. The fourth-order valence-corrected chi connectivity index (χ4v) is 7.08. The van der Waals surface area contributed by atoms with Gasteiger partial charge >= 0.3 is 17.9 Å². The van der Waals surface area contributed by atoms with Crippen LogP contribution in [0.3, 0.4) is 0 Å². The number of hydrogen-bond donors (Lipinski definition) is 0. The second-order valence-electron chi connectivity index (χ2n) is 17.9. The van der Waals surface area contributed by atoms with Gasteiger partial charge in [-0.1, -0.05) is 237 Å². The standard InChI is InChI=1S/C64H100O6/c1-4-7-10-13-16-19-22-25-28-31-32-34-36-39-42-45-48-51-54-57-63(66)69-60-61(59-68-62(65)56-53-50-47-44-41-38-35-30-27-24-21-18-15-12-9-6-3)70-64(67)58-55-52-49-46-43-40-37-33-29-26-23-20-17-14-11-8-5-2/h7-8,10-11,14,16-17,19-20,23,25-26,28-30,32-35,37,39-40,42-43,61H,4-6,9,12-13,15,18,21-22,24,27,31,36,38,41,44-60H2,1-3H3/b10-7-,11-8-,17-14-,19-16-,23-20-,28-25-,29-26-,34-32-,35-30-,37-33+,42-39-,43-40-. The van der Waals surface area contributed by atoms with E-state index in [4.69, 9.17) is 14.2 Å². The molecule has 392 valence electrons. The summed E-state index contributed by atoms with van der Waals surface area (Å²) in [7, 11) is 0. The van der Waals surface area contributed by atoms with E-state index in [0.717, 1.165) is 116 Å². The first-order chi connectivity index (χ1) is 34.5. The summed E-state index contributed by atoms with van der Waals surface area (Å²) in [6.45, 7) is 6.29. The van der Waals surface area contributed by atoms with Crippen molar-refractivity contribution in [2.45, 2.75) is 226 Å². The normalized spacial score (nSPS) is 13.2. The Hall–Kier alpha value is -4.71. The third kappa shape index (κ3) is 54.2. The molecule has 0 aliphatic rings. The fourth-order valence-electron chi connectivity index (χ4n) is 7.08. The molecular formula is C64H100O6. The molecule has 0 aromatic carbocycles. The van der Waals surface area contributed by atoms with Crippen molar-refractivity contribution in [3.63, 3.8) is 0 Å². The highest BCUT2D eigenvalue weighted by molar-refractivity contribution is 5.71. The van der Waals surface area contributed by atoms with Crippen LogP contribution in [0.2, 0.25) is 0 Å². The van der Waals surface area contributed by atoms with E-state index in [1.807, 2.05) is 60.8 Å². The quantitative estimate of drug-likeness (QED) is 0.0199. The van der Waals surface area contributed by atoms with Crippen molar-refractivity contribution in [1.29, 1.82) is 0 Å². The molecule has 6 nitrogen and oxygen atoms in total. The minimum atomic E-state index is -0.826. The van der Waals surface area contributed by atoms with Gasteiger partial charge in [0, 0.05) is 19.3 Å². The van der Waals surface area contributed by atoms with Crippen LogP contribution in [0.4, 0.5) is 0 Å². The average molecular weight is 965 g/mol. The van der Waals surface area contributed by atoms with Crippen LogP contribution in [0.15, 0.2) is 146 Å². The predicted molar refractivity (Wildman–Crippen MR) is 302 cm³/mol. The van der Waals surface area contributed by atoms with Crippen LogP contribution < -0.4 is 0 Å². The van der Waals surface area contributed by atoms with Crippen molar-refractivity contribution in [1.82, 2.24) is 0 Å². The average Bonchev–Trinajstić information content (AvgIpc) is 3.36. The number of carbonyl (C=O) groups is 3. The van der Waals surface area contributed by atoms with Gasteiger partial charge in [-0.05, 0) is 109 Å². The van der Waals surface area contributed by atoms with Gasteiger partial charge in [0.05, 0.1) is 0 Å². The van der Waals surface area contributed by atoms with Crippen molar-refractivity contribution in [3.8, 4) is 0 Å². The summed E-state index contributed by atoms with van der Waals surface area (Å²) in [6.07, 6.45) is 81.1. The number of rotatable bonds is 48. The number of allylic oxidation sites excluding steroid dienone is 24. The maximum absolute atomic E-state index is 12.8. The van der Waals surface area contributed by atoms with Gasteiger partial charge in [0.2, 0.25) is 0 Å². The van der Waals surface area contributed by atoms with Gasteiger partial charge in [-0.15, -0.1) is 0 Å². The van der Waals surface area contributed by atoms with Crippen LogP contribution in [-0.4, -0.2) is 37.2 Å². The Morgan fingerprint density at radius 2 is 0.629 bits per heavy atom. The van der Waals surface area contributed by atoms with E-state index in [2.05, 4.69) is 106 Å². The zero-order valence-corrected chi connectivity index (χ0v) is 44.7. The summed E-state index contributed by atoms with van der Waals surface area (Å²) in [5.41, 5.74) is 0. The lowest BCUT2D eigenvalue weighted by Crippen LogP contribution is -2.30. The first kappa shape index (κ1) is 65.3. The van der Waals surface area contributed by atoms with E-state index in [1.165, 1.54) is 57.8 Å². The van der Waals surface area contributed by atoms with Crippen LogP contribution in [-0.2, 0) is 28.6 Å². The van der Waals surface area contributed by atoms with Crippen LogP contribution in [0.25, 0.3) is 0 Å². The molecule has 0 spiro atoms. The molecule has 0 radical (unpaired) electrons. The Labute approximate surface area is 429 Å². The Morgan fingerprint density at radius 1 is 0.314 bits per heavy atom. The highest BCUT2D eigenvalue weighted by atomic mass is 16.6. The van der Waals surface area contributed by atoms with Gasteiger partial charge in [-0.25, -0.2) is 0 Å². The maximum Gasteiger partial charge on any atom is 0.306 e. The van der Waals surface area contributed by atoms with Gasteiger partial charge in [0.1, 0.15) is 13.2 Å². The van der Waals surface area contributed by atoms with E-state index in [0.29, 0.717) is 19.3 Å². The number of hydrogen-bond acceptors (Lipinski definition) is 6. The topological polar surface area (TPSA) is 78.9 Å². The Morgan fingerprint density at radius 3 is 1.07 bits per heavy atom. The summed E-state index contributed by atoms with van der Waals surface area (Å²) >= 11 is 0. The highest BCUT2D eigenvalue weighted by Crippen LogP contribution is 2.13. The van der Waals surface area contributed by atoms with Gasteiger partial charge < -0.3 is 14.2 Å². The second kappa shape index (κ2) is 56.9. The SMILES string of the molecule is CC\C=C/C=C\C=C/C=C\C=C\C=C/CCCCCC(=O)OC(COC(=O)CCCCC/C=C\C/C=C\C/C=C\C/C=C\C/C=C\CC)COC(=O)CCCCCCC/C=C\CCCCCCCCC. The predicted octanol–water partition coefficient (Wildman–Crippen LogP) is 18.8. The molecule has 1 unspecified atom stereocenters. The summed E-state index contributed by atoms with van der Waals surface area (Å²) in [4.78, 5) is 38.1. The van der Waals surface area contributed by atoms with E-state index >= 15 is 0 Å². The van der Waals surface area contributed by atoms with Crippen molar-refractivity contribution in [2.24, 2.45) is 0 Å². The highest BCUT2D eigenvalue weighted by Gasteiger charge is 2.19. The minimum absolute atomic E-state index is 0.117. The number of esters is 3. The molecule has 0 aliphatic heterocycles. The Balaban J connectivity index is 4.58. The van der Waals surface area contributed by atoms with E-state index in [-0.39, 0.29) is 37.5 Å². The molecule has 6 heteroatoms. The zero-order valence-electron chi connectivity index (χ0n) is 44.7. The van der Waals surface area contributed by atoms with Crippen molar-refractivity contribution in [2.75, 3.05) is 13.2 Å². The molecule has 0 aliphatic carbocycles. The minimum Gasteiger partial charge on any atom is -0.462 e. The van der Waals surface area contributed by atoms with Crippen LogP contribution >= 0.6 is 0 Å². The molecule has 0 rings (SSSR count). The van der Waals surface area contributed by atoms with Crippen molar-refractivity contribution < 1.29 is 28.6 Å². The fraction of sp³-hybridized carbons (Fsp3) is 0.578. The lowest BCUT2D eigenvalue weighted by molar-refractivity contribution is -0.167. The largest absolute Gasteiger partial charge is 0.462 e.